The van der Waals surface area contributed by atoms with E-state index in [4.69, 9.17) is 33.7 Å². The van der Waals surface area contributed by atoms with Crippen molar-refractivity contribution in [3.63, 3.8) is 0 Å². The first-order chi connectivity index (χ1) is 11.3. The predicted molar refractivity (Wildman–Crippen MR) is 98.5 cm³/mol. The molecule has 2 atom stereocenters. The van der Waals surface area contributed by atoms with Crippen LogP contribution in [0.4, 0.5) is 0 Å². The van der Waals surface area contributed by atoms with E-state index < -0.39 is 5.60 Å². The van der Waals surface area contributed by atoms with E-state index in [0.717, 1.165) is 31.2 Å². The van der Waals surface area contributed by atoms with Gasteiger partial charge < -0.3 is 15.8 Å². The second kappa shape index (κ2) is 8.52. The molecule has 0 unspecified atom stereocenters. The van der Waals surface area contributed by atoms with Crippen molar-refractivity contribution in [1.29, 1.82) is 0 Å². The first kappa shape index (κ1) is 19.5. The minimum absolute atomic E-state index is 0.0780. The molecule has 0 aromatic heterocycles. The van der Waals surface area contributed by atoms with Crippen molar-refractivity contribution < 1.29 is 9.53 Å². The fourth-order valence-corrected chi connectivity index (χ4v) is 3.29. The molecule has 0 radical (unpaired) electrons. The molecule has 0 amide bonds. The van der Waals surface area contributed by atoms with E-state index in [1.165, 1.54) is 0 Å². The summed E-state index contributed by atoms with van der Waals surface area (Å²) < 4.78 is 5.75. The molecule has 1 aliphatic heterocycles. The Morgan fingerprint density at radius 2 is 2.12 bits per heavy atom. The van der Waals surface area contributed by atoms with Gasteiger partial charge in [-0.25, -0.2) is 0 Å². The summed E-state index contributed by atoms with van der Waals surface area (Å²) in [4.78, 5) is 12.4. The highest BCUT2D eigenvalue weighted by Gasteiger charge is 2.33. The minimum atomic E-state index is -0.519. The fraction of sp³-hybridized carbons (Fsp3) is 0.611. The standard InChI is InChI=1S/C18H26Cl2N2O2/c1-18(2,7-5-12-3-4-15(19)16(20)9-12)24-17(23)13-10-14(6-8-21)22-11-13/h3-4,9,13-14,22H,5-8,10-11,21H2,1-2H3/t13-,14-/m1/s1. The molecule has 134 valence electrons. The quantitative estimate of drug-likeness (QED) is 0.718. The molecule has 4 nitrogen and oxygen atoms in total. The zero-order valence-electron chi connectivity index (χ0n) is 14.3. The van der Waals surface area contributed by atoms with E-state index in [1.807, 2.05) is 26.0 Å². The Labute approximate surface area is 154 Å². The van der Waals surface area contributed by atoms with E-state index in [-0.39, 0.29) is 11.9 Å². The van der Waals surface area contributed by atoms with Crippen molar-refractivity contribution >= 4 is 29.2 Å². The summed E-state index contributed by atoms with van der Waals surface area (Å²) in [7, 11) is 0. The molecular weight excluding hydrogens is 347 g/mol. The number of nitrogens with two attached hydrogens (primary N) is 1. The number of esters is 1. The van der Waals surface area contributed by atoms with Gasteiger partial charge in [0, 0.05) is 12.6 Å². The molecule has 24 heavy (non-hydrogen) atoms. The SMILES string of the molecule is CC(C)(CCc1ccc(Cl)c(Cl)c1)OC(=O)[C@H]1CN[C@H](CCN)C1. The molecule has 0 saturated carbocycles. The molecule has 1 fully saturated rings. The molecule has 1 aromatic carbocycles. The van der Waals surface area contributed by atoms with Gasteiger partial charge in [0.15, 0.2) is 0 Å². The molecular formula is C18H26Cl2N2O2. The number of rotatable bonds is 7. The lowest BCUT2D eigenvalue weighted by Gasteiger charge is -2.27. The van der Waals surface area contributed by atoms with E-state index in [0.29, 0.717) is 29.2 Å². The fourth-order valence-electron chi connectivity index (χ4n) is 2.97. The van der Waals surface area contributed by atoms with Crippen LogP contribution in [0.1, 0.15) is 38.7 Å². The van der Waals surface area contributed by atoms with Crippen molar-refractivity contribution in [2.75, 3.05) is 13.1 Å². The maximum absolute atomic E-state index is 12.4. The number of carbonyl (C=O) groups excluding carboxylic acids is 1. The van der Waals surface area contributed by atoms with Crippen LogP contribution in [0.3, 0.4) is 0 Å². The highest BCUT2D eigenvalue weighted by atomic mass is 35.5. The van der Waals surface area contributed by atoms with Crippen molar-refractivity contribution in [2.45, 2.75) is 51.2 Å². The van der Waals surface area contributed by atoms with Crippen LogP contribution < -0.4 is 11.1 Å². The summed E-state index contributed by atoms with van der Waals surface area (Å²) >= 11 is 12.0. The summed E-state index contributed by atoms with van der Waals surface area (Å²) in [6, 6.07) is 5.93. The lowest BCUT2D eigenvalue weighted by molar-refractivity contribution is -0.161. The number of aryl methyl sites for hydroxylation is 1. The Morgan fingerprint density at radius 3 is 2.79 bits per heavy atom. The van der Waals surface area contributed by atoms with E-state index in [1.54, 1.807) is 6.07 Å². The second-order valence-electron chi connectivity index (χ2n) is 7.04. The van der Waals surface area contributed by atoms with Crippen LogP contribution in [0.2, 0.25) is 10.0 Å². The van der Waals surface area contributed by atoms with E-state index in [9.17, 15) is 4.79 Å². The lowest BCUT2D eigenvalue weighted by atomic mass is 9.97. The third-order valence-corrected chi connectivity index (χ3v) is 5.19. The molecule has 2 rings (SSSR count). The number of halogens is 2. The van der Waals surface area contributed by atoms with Gasteiger partial charge in [0.25, 0.3) is 0 Å². The number of benzene rings is 1. The Morgan fingerprint density at radius 1 is 1.38 bits per heavy atom. The van der Waals surface area contributed by atoms with Crippen LogP contribution in [0.5, 0.6) is 0 Å². The van der Waals surface area contributed by atoms with Crippen molar-refractivity contribution in [3.8, 4) is 0 Å². The average molecular weight is 373 g/mol. The van der Waals surface area contributed by atoms with Gasteiger partial charge in [0.2, 0.25) is 0 Å². The molecule has 6 heteroatoms. The van der Waals surface area contributed by atoms with Crippen LogP contribution in [0.25, 0.3) is 0 Å². The monoisotopic (exact) mass is 372 g/mol. The van der Waals surface area contributed by atoms with E-state index in [2.05, 4.69) is 5.32 Å². The number of hydrogen-bond donors (Lipinski definition) is 2. The number of ether oxygens (including phenoxy) is 1. The molecule has 0 bridgehead atoms. The van der Waals surface area contributed by atoms with Crippen molar-refractivity contribution in [3.05, 3.63) is 33.8 Å². The van der Waals surface area contributed by atoms with Crippen molar-refractivity contribution in [1.82, 2.24) is 5.32 Å². The first-order valence-electron chi connectivity index (χ1n) is 8.41. The van der Waals surface area contributed by atoms with E-state index >= 15 is 0 Å². The molecule has 3 N–H and O–H groups in total. The van der Waals surface area contributed by atoms with Crippen LogP contribution >= 0.6 is 23.2 Å². The average Bonchev–Trinajstić information content (AvgIpc) is 2.97. The van der Waals surface area contributed by atoms with Crippen LogP contribution in [0, 0.1) is 5.92 Å². The Hall–Kier alpha value is -0.810. The zero-order valence-corrected chi connectivity index (χ0v) is 15.8. The van der Waals surface area contributed by atoms with Crippen LogP contribution in [0.15, 0.2) is 18.2 Å². The number of hydrogen-bond acceptors (Lipinski definition) is 4. The summed E-state index contributed by atoms with van der Waals surface area (Å²) in [5.41, 5.74) is 6.14. The maximum atomic E-state index is 12.4. The van der Waals surface area contributed by atoms with Gasteiger partial charge in [-0.2, -0.15) is 0 Å². The Kier molecular flexibility index (Phi) is 6.93. The van der Waals surface area contributed by atoms with Gasteiger partial charge in [0.1, 0.15) is 5.60 Å². The first-order valence-corrected chi connectivity index (χ1v) is 9.16. The van der Waals surface area contributed by atoms with Gasteiger partial charge in [-0.05, 0) is 63.8 Å². The topological polar surface area (TPSA) is 64.3 Å². The largest absolute Gasteiger partial charge is 0.459 e. The van der Waals surface area contributed by atoms with Crippen LogP contribution in [-0.2, 0) is 16.0 Å². The predicted octanol–water partition coefficient (Wildman–Crippen LogP) is 3.57. The van der Waals surface area contributed by atoms with Gasteiger partial charge in [0.05, 0.1) is 16.0 Å². The van der Waals surface area contributed by atoms with Gasteiger partial charge in [-0.15, -0.1) is 0 Å². The maximum Gasteiger partial charge on any atom is 0.310 e. The molecule has 1 aliphatic rings. The Bertz CT molecular complexity index is 578. The highest BCUT2D eigenvalue weighted by Crippen LogP contribution is 2.26. The number of nitrogens with one attached hydrogen (secondary N) is 1. The van der Waals surface area contributed by atoms with Gasteiger partial charge >= 0.3 is 5.97 Å². The van der Waals surface area contributed by atoms with Crippen LogP contribution in [-0.4, -0.2) is 30.7 Å². The lowest BCUT2D eigenvalue weighted by Crippen LogP contribution is -2.32. The Balaban J connectivity index is 1.84. The van der Waals surface area contributed by atoms with Gasteiger partial charge in [-0.3, -0.25) is 4.79 Å². The summed E-state index contributed by atoms with van der Waals surface area (Å²) in [6.07, 6.45) is 3.20. The number of carbonyl (C=O) groups is 1. The van der Waals surface area contributed by atoms with Crippen molar-refractivity contribution in [2.24, 2.45) is 11.7 Å². The molecule has 0 spiro atoms. The van der Waals surface area contributed by atoms with Gasteiger partial charge in [-0.1, -0.05) is 29.3 Å². The third kappa shape index (κ3) is 5.62. The smallest absolute Gasteiger partial charge is 0.310 e. The molecule has 1 saturated heterocycles. The summed E-state index contributed by atoms with van der Waals surface area (Å²) in [5.74, 6) is -0.202. The zero-order chi connectivity index (χ0) is 17.7. The molecule has 1 aromatic rings. The summed E-state index contributed by atoms with van der Waals surface area (Å²) in [5, 5.41) is 4.43. The third-order valence-electron chi connectivity index (χ3n) is 4.45. The second-order valence-corrected chi connectivity index (χ2v) is 7.86. The molecule has 0 aliphatic carbocycles. The minimum Gasteiger partial charge on any atom is -0.459 e. The summed E-state index contributed by atoms with van der Waals surface area (Å²) in [6.45, 7) is 5.20. The normalized spacial score (nSPS) is 21.0. The highest BCUT2D eigenvalue weighted by molar-refractivity contribution is 6.42. The molecule has 1 heterocycles.